The number of hydrogen-bond donors (Lipinski definition) is 2. The number of nitrogens with two attached hydrogens (primary N) is 1. The summed E-state index contributed by atoms with van der Waals surface area (Å²) in [4.78, 5) is 2.39. The summed E-state index contributed by atoms with van der Waals surface area (Å²) in [6.07, 6.45) is 18.4. The SMILES string of the molecule is N/C=C(/C1=CC(c2cccc(-c3ccccc3Nc3cccc(-c4ccc5c(c4)oc4ccccc45)c3)c2)CC=C1)N1C2C=CC=C[C@H]21. The van der Waals surface area contributed by atoms with Crippen molar-refractivity contribution in [3.63, 3.8) is 0 Å². The second kappa shape index (κ2) is 11.7. The van der Waals surface area contributed by atoms with Gasteiger partial charge in [0.25, 0.3) is 0 Å². The zero-order chi connectivity index (χ0) is 32.0. The van der Waals surface area contributed by atoms with Crippen molar-refractivity contribution in [2.45, 2.75) is 24.4 Å². The molecule has 3 aliphatic rings. The Morgan fingerprint density at radius 3 is 2.40 bits per heavy atom. The number of allylic oxidation sites excluding steroid dienone is 5. The van der Waals surface area contributed by atoms with E-state index in [2.05, 4.69) is 156 Å². The van der Waals surface area contributed by atoms with Gasteiger partial charge in [-0.05, 0) is 70.6 Å². The second-order valence-corrected chi connectivity index (χ2v) is 12.8. The quantitative estimate of drug-likeness (QED) is 0.174. The average Bonchev–Trinajstić information content (AvgIpc) is 3.74. The maximum Gasteiger partial charge on any atom is 0.136 e. The van der Waals surface area contributed by atoms with Gasteiger partial charge in [0.05, 0.1) is 17.8 Å². The minimum absolute atomic E-state index is 0.272. The molecule has 2 aliphatic carbocycles. The molecule has 0 saturated carbocycles. The van der Waals surface area contributed by atoms with Crippen LogP contribution in [0.5, 0.6) is 0 Å². The molecular weight excluding hydrogens is 587 g/mol. The Morgan fingerprint density at radius 2 is 1.50 bits per heavy atom. The largest absolute Gasteiger partial charge is 0.456 e. The molecule has 0 spiro atoms. The van der Waals surface area contributed by atoms with Gasteiger partial charge in [-0.2, -0.15) is 0 Å². The highest BCUT2D eigenvalue weighted by Crippen LogP contribution is 2.42. The predicted molar refractivity (Wildman–Crippen MR) is 199 cm³/mol. The first kappa shape index (κ1) is 28.2. The zero-order valence-electron chi connectivity index (χ0n) is 26.5. The molecular formula is C44H35N3O. The Kier molecular flexibility index (Phi) is 6.86. The minimum Gasteiger partial charge on any atom is -0.456 e. The Hall–Kier alpha value is -6.00. The fourth-order valence-corrected chi connectivity index (χ4v) is 7.39. The molecule has 1 aliphatic heterocycles. The van der Waals surface area contributed by atoms with Crippen LogP contribution in [0.15, 0.2) is 180 Å². The summed E-state index contributed by atoms with van der Waals surface area (Å²) in [6, 6.07) is 41.6. The van der Waals surface area contributed by atoms with Crippen molar-refractivity contribution in [3.8, 4) is 22.3 Å². The first-order valence-electron chi connectivity index (χ1n) is 16.7. The molecule has 1 saturated heterocycles. The molecule has 0 radical (unpaired) electrons. The fourth-order valence-electron chi connectivity index (χ4n) is 7.39. The maximum atomic E-state index is 6.20. The van der Waals surface area contributed by atoms with Crippen LogP contribution in [0, 0.1) is 0 Å². The standard InChI is InChI=1S/C44H35N3O/c45-28-42(47-40-19-4-5-20-41(40)47)34-14-8-11-30(25-34)29-10-7-13-33(24-29)36-16-1-3-18-39(36)46-35-15-9-12-31(26-35)32-22-23-38-37-17-2-6-21-43(37)48-44(38)27-32/h1-10,12-28,30,40-41,46H,11,45H2/b42-28-/t30?,40-,41?,47?/m1/s1. The van der Waals surface area contributed by atoms with Gasteiger partial charge >= 0.3 is 0 Å². The van der Waals surface area contributed by atoms with Gasteiger partial charge in [0.1, 0.15) is 11.2 Å². The normalized spacial score (nSPS) is 19.8. The van der Waals surface area contributed by atoms with Crippen LogP contribution in [-0.2, 0) is 0 Å². The van der Waals surface area contributed by atoms with Gasteiger partial charge in [-0.1, -0.05) is 121 Å². The monoisotopic (exact) mass is 621 g/mol. The number of benzene rings is 5. The van der Waals surface area contributed by atoms with Gasteiger partial charge in [0.2, 0.25) is 0 Å². The zero-order valence-corrected chi connectivity index (χ0v) is 26.5. The van der Waals surface area contributed by atoms with Crippen LogP contribution in [0.3, 0.4) is 0 Å². The molecule has 4 heteroatoms. The van der Waals surface area contributed by atoms with E-state index in [-0.39, 0.29) is 5.92 Å². The van der Waals surface area contributed by atoms with E-state index in [9.17, 15) is 0 Å². The molecule has 1 aromatic heterocycles. The van der Waals surface area contributed by atoms with Crippen molar-refractivity contribution in [3.05, 3.63) is 181 Å². The van der Waals surface area contributed by atoms with E-state index in [0.29, 0.717) is 12.1 Å². The first-order valence-corrected chi connectivity index (χ1v) is 16.7. The van der Waals surface area contributed by atoms with E-state index in [1.807, 2.05) is 12.1 Å². The van der Waals surface area contributed by atoms with Crippen LogP contribution in [0.4, 0.5) is 11.4 Å². The first-order chi connectivity index (χ1) is 23.7. The van der Waals surface area contributed by atoms with E-state index in [4.69, 9.17) is 10.2 Å². The molecule has 0 amide bonds. The van der Waals surface area contributed by atoms with Gasteiger partial charge in [0, 0.05) is 39.8 Å². The summed E-state index contributed by atoms with van der Waals surface area (Å²) in [5.74, 6) is 0.272. The van der Waals surface area contributed by atoms with Crippen molar-refractivity contribution < 1.29 is 4.42 Å². The minimum atomic E-state index is 0.272. The van der Waals surface area contributed by atoms with Gasteiger partial charge in [-0.25, -0.2) is 0 Å². The summed E-state index contributed by atoms with van der Waals surface area (Å²) >= 11 is 0. The summed E-state index contributed by atoms with van der Waals surface area (Å²) in [6.45, 7) is 0. The van der Waals surface area contributed by atoms with Crippen molar-refractivity contribution in [2.24, 2.45) is 5.73 Å². The van der Waals surface area contributed by atoms with E-state index in [0.717, 1.165) is 56.6 Å². The van der Waals surface area contributed by atoms with Crippen LogP contribution < -0.4 is 11.1 Å². The maximum absolute atomic E-state index is 6.20. The Morgan fingerprint density at radius 1 is 0.729 bits per heavy atom. The number of anilines is 2. The molecule has 2 heterocycles. The molecule has 4 nitrogen and oxygen atoms in total. The lowest BCUT2D eigenvalue weighted by Crippen LogP contribution is -2.10. The highest BCUT2D eigenvalue weighted by atomic mass is 16.3. The molecule has 9 rings (SSSR count). The Balaban J connectivity index is 0.984. The van der Waals surface area contributed by atoms with E-state index in [1.54, 1.807) is 6.20 Å². The fraction of sp³-hybridized carbons (Fsp3) is 0.0909. The molecule has 3 N–H and O–H groups in total. The number of nitrogens with zero attached hydrogens (tertiary/aromatic N) is 1. The predicted octanol–water partition coefficient (Wildman–Crippen LogP) is 10.6. The van der Waals surface area contributed by atoms with E-state index < -0.39 is 0 Å². The smallest absolute Gasteiger partial charge is 0.136 e. The topological polar surface area (TPSA) is 54.2 Å². The number of furan rings is 1. The van der Waals surface area contributed by atoms with Gasteiger partial charge in [-0.15, -0.1) is 0 Å². The molecule has 1 fully saturated rings. The Labute approximate surface area is 280 Å². The van der Waals surface area contributed by atoms with E-state index >= 15 is 0 Å². The van der Waals surface area contributed by atoms with Gasteiger partial charge in [0.15, 0.2) is 0 Å². The molecule has 0 bridgehead atoms. The lowest BCUT2D eigenvalue weighted by atomic mass is 9.87. The number of rotatable bonds is 7. The van der Waals surface area contributed by atoms with Gasteiger partial charge in [-0.3, -0.25) is 0 Å². The van der Waals surface area contributed by atoms with Crippen molar-refractivity contribution in [1.29, 1.82) is 0 Å². The molecule has 232 valence electrons. The van der Waals surface area contributed by atoms with Crippen molar-refractivity contribution in [2.75, 3.05) is 5.32 Å². The van der Waals surface area contributed by atoms with Crippen LogP contribution in [-0.4, -0.2) is 17.0 Å². The summed E-state index contributed by atoms with van der Waals surface area (Å²) in [7, 11) is 0. The summed E-state index contributed by atoms with van der Waals surface area (Å²) < 4.78 is 6.18. The van der Waals surface area contributed by atoms with E-state index in [1.165, 1.54) is 22.3 Å². The molecule has 48 heavy (non-hydrogen) atoms. The number of nitrogens with one attached hydrogen (secondary N) is 1. The number of para-hydroxylation sites is 2. The molecule has 5 aromatic carbocycles. The molecule has 3 atom stereocenters. The third-order valence-corrected chi connectivity index (χ3v) is 9.84. The summed E-state index contributed by atoms with van der Waals surface area (Å²) in [5, 5.41) is 6.01. The second-order valence-electron chi connectivity index (χ2n) is 12.8. The lowest BCUT2D eigenvalue weighted by molar-refractivity contribution is 0.645. The third-order valence-electron chi connectivity index (χ3n) is 9.84. The molecule has 2 unspecified atom stereocenters. The van der Waals surface area contributed by atoms with Crippen molar-refractivity contribution in [1.82, 2.24) is 4.90 Å². The van der Waals surface area contributed by atoms with Crippen LogP contribution in [0.1, 0.15) is 17.9 Å². The number of fused-ring (bicyclic) bond motifs is 4. The number of hydrogen-bond acceptors (Lipinski definition) is 4. The molecule has 6 aromatic rings. The Bertz CT molecular complexity index is 2330. The van der Waals surface area contributed by atoms with Gasteiger partial charge < -0.3 is 20.4 Å². The highest BCUT2D eigenvalue weighted by Gasteiger charge is 2.46. The third kappa shape index (κ3) is 5.03. The van der Waals surface area contributed by atoms with Crippen LogP contribution >= 0.6 is 0 Å². The van der Waals surface area contributed by atoms with Crippen molar-refractivity contribution >= 4 is 33.3 Å². The van der Waals surface area contributed by atoms with Crippen LogP contribution in [0.25, 0.3) is 44.2 Å². The highest BCUT2D eigenvalue weighted by molar-refractivity contribution is 6.05. The average molecular weight is 622 g/mol. The summed E-state index contributed by atoms with van der Waals surface area (Å²) in [5.41, 5.74) is 18.3. The van der Waals surface area contributed by atoms with Crippen LogP contribution in [0.2, 0.25) is 0 Å². The lowest BCUT2D eigenvalue weighted by Gasteiger charge is -2.21.